The molecule has 1 fully saturated rings. The standard InChI is InChI=1S/C19H27N5O3S2/c1-14(2)24-13-20-21-19(24)28-12-18(25)22-7-9-23(10-8-22)29(26,27)17-6-5-15(3)16(4)11-17/h5-6,11,13-14H,7-10,12H2,1-4H3. The predicted molar refractivity (Wildman–Crippen MR) is 112 cm³/mol. The van der Waals surface area contributed by atoms with Crippen molar-refractivity contribution in [3.63, 3.8) is 0 Å². The van der Waals surface area contributed by atoms with Gasteiger partial charge < -0.3 is 9.47 Å². The maximum Gasteiger partial charge on any atom is 0.243 e. The maximum atomic E-state index is 12.9. The van der Waals surface area contributed by atoms with Gasteiger partial charge in [-0.25, -0.2) is 8.42 Å². The molecular weight excluding hydrogens is 410 g/mol. The second-order valence-electron chi connectivity index (χ2n) is 7.43. The van der Waals surface area contributed by atoms with Crippen molar-refractivity contribution < 1.29 is 13.2 Å². The van der Waals surface area contributed by atoms with Gasteiger partial charge in [-0.3, -0.25) is 4.79 Å². The fraction of sp³-hybridized carbons (Fsp3) is 0.526. The van der Waals surface area contributed by atoms with Gasteiger partial charge in [-0.05, 0) is 51.0 Å². The van der Waals surface area contributed by atoms with Crippen LogP contribution in [0.2, 0.25) is 0 Å². The summed E-state index contributed by atoms with van der Waals surface area (Å²) in [6.07, 6.45) is 1.66. The van der Waals surface area contributed by atoms with E-state index in [2.05, 4.69) is 10.2 Å². The Hall–Kier alpha value is -1.91. The molecule has 158 valence electrons. The first kappa shape index (κ1) is 21.8. The number of aromatic nitrogens is 3. The highest BCUT2D eigenvalue weighted by atomic mass is 32.2. The highest BCUT2D eigenvalue weighted by Crippen LogP contribution is 2.22. The Morgan fingerprint density at radius 2 is 1.83 bits per heavy atom. The van der Waals surface area contributed by atoms with E-state index in [-0.39, 0.29) is 17.7 Å². The van der Waals surface area contributed by atoms with Gasteiger partial charge in [-0.2, -0.15) is 4.31 Å². The summed E-state index contributed by atoms with van der Waals surface area (Å²) in [6, 6.07) is 5.41. The Kier molecular flexibility index (Phi) is 6.65. The van der Waals surface area contributed by atoms with Crippen molar-refractivity contribution in [2.45, 2.75) is 43.8 Å². The molecule has 1 amide bonds. The molecule has 1 aliphatic rings. The van der Waals surface area contributed by atoms with Crippen molar-refractivity contribution in [2.75, 3.05) is 31.9 Å². The normalized spacial score (nSPS) is 15.8. The molecule has 1 saturated heterocycles. The zero-order valence-corrected chi connectivity index (χ0v) is 18.8. The first-order valence-electron chi connectivity index (χ1n) is 9.57. The number of hydrogen-bond donors (Lipinski definition) is 0. The summed E-state index contributed by atoms with van der Waals surface area (Å²) >= 11 is 1.36. The molecule has 0 N–H and O–H groups in total. The Balaban J connectivity index is 1.57. The van der Waals surface area contributed by atoms with Crippen molar-refractivity contribution in [2.24, 2.45) is 0 Å². The number of carbonyl (C=O) groups excluding carboxylic acids is 1. The minimum atomic E-state index is -3.54. The fourth-order valence-corrected chi connectivity index (χ4v) is 5.56. The molecule has 0 bridgehead atoms. The highest BCUT2D eigenvalue weighted by Gasteiger charge is 2.30. The van der Waals surface area contributed by atoms with Crippen LogP contribution in [0.1, 0.15) is 31.0 Å². The minimum Gasteiger partial charge on any atom is -0.339 e. The lowest BCUT2D eigenvalue weighted by atomic mass is 10.1. The van der Waals surface area contributed by atoms with E-state index in [4.69, 9.17) is 0 Å². The highest BCUT2D eigenvalue weighted by molar-refractivity contribution is 7.99. The van der Waals surface area contributed by atoms with Crippen molar-refractivity contribution in [1.29, 1.82) is 0 Å². The SMILES string of the molecule is Cc1ccc(S(=O)(=O)N2CCN(C(=O)CSc3nncn3C(C)C)CC2)cc1C. The van der Waals surface area contributed by atoms with Crippen molar-refractivity contribution >= 4 is 27.7 Å². The zero-order valence-electron chi connectivity index (χ0n) is 17.2. The summed E-state index contributed by atoms with van der Waals surface area (Å²) in [6.45, 7) is 9.30. The van der Waals surface area contributed by atoms with Gasteiger partial charge in [0.1, 0.15) is 6.33 Å². The van der Waals surface area contributed by atoms with Crippen LogP contribution in [0.3, 0.4) is 0 Å². The third kappa shape index (κ3) is 4.81. The molecule has 10 heteroatoms. The first-order valence-corrected chi connectivity index (χ1v) is 12.0. The second kappa shape index (κ2) is 8.85. The van der Waals surface area contributed by atoms with Gasteiger partial charge in [-0.1, -0.05) is 17.8 Å². The molecule has 8 nitrogen and oxygen atoms in total. The maximum absolute atomic E-state index is 12.9. The first-order chi connectivity index (χ1) is 13.7. The number of nitrogens with zero attached hydrogens (tertiary/aromatic N) is 5. The number of sulfonamides is 1. The number of thioether (sulfide) groups is 1. The predicted octanol–water partition coefficient (Wildman–Crippen LogP) is 2.10. The Labute approximate surface area is 176 Å². The van der Waals surface area contributed by atoms with E-state index in [1.807, 2.05) is 38.3 Å². The molecule has 2 aromatic rings. The number of benzene rings is 1. The molecule has 3 rings (SSSR count). The zero-order chi connectivity index (χ0) is 21.2. The molecule has 0 saturated carbocycles. The Morgan fingerprint density at radius 1 is 1.14 bits per heavy atom. The summed E-state index contributed by atoms with van der Waals surface area (Å²) in [4.78, 5) is 14.6. The smallest absolute Gasteiger partial charge is 0.243 e. The van der Waals surface area contributed by atoms with Gasteiger partial charge >= 0.3 is 0 Å². The lowest BCUT2D eigenvalue weighted by molar-refractivity contribution is -0.129. The van der Waals surface area contributed by atoms with Gasteiger partial charge in [0.25, 0.3) is 0 Å². The van der Waals surface area contributed by atoms with Crippen LogP contribution in [-0.2, 0) is 14.8 Å². The van der Waals surface area contributed by atoms with Crippen LogP contribution < -0.4 is 0 Å². The lowest BCUT2D eigenvalue weighted by Crippen LogP contribution is -2.51. The summed E-state index contributed by atoms with van der Waals surface area (Å²) < 4.78 is 29.2. The molecule has 0 unspecified atom stereocenters. The summed E-state index contributed by atoms with van der Waals surface area (Å²) in [5, 5.41) is 8.68. The van der Waals surface area contributed by atoms with Crippen LogP contribution in [-0.4, -0.2) is 70.2 Å². The Morgan fingerprint density at radius 3 is 2.45 bits per heavy atom. The summed E-state index contributed by atoms with van der Waals surface area (Å²) in [5.74, 6) is 0.242. The molecule has 1 aliphatic heterocycles. The van der Waals surface area contributed by atoms with Gasteiger partial charge in [-0.15, -0.1) is 10.2 Å². The molecule has 0 atom stereocenters. The van der Waals surface area contributed by atoms with Gasteiger partial charge in [0.2, 0.25) is 15.9 Å². The van der Waals surface area contributed by atoms with Crippen LogP contribution in [0.15, 0.2) is 34.6 Å². The average Bonchev–Trinajstić information content (AvgIpc) is 3.17. The van der Waals surface area contributed by atoms with Crippen LogP contribution in [0, 0.1) is 13.8 Å². The molecule has 0 aliphatic carbocycles. The lowest BCUT2D eigenvalue weighted by Gasteiger charge is -2.34. The molecule has 1 aromatic heterocycles. The third-order valence-corrected chi connectivity index (χ3v) is 7.97. The topological polar surface area (TPSA) is 88.4 Å². The molecule has 1 aromatic carbocycles. The van der Waals surface area contributed by atoms with Crippen molar-refractivity contribution in [3.05, 3.63) is 35.7 Å². The second-order valence-corrected chi connectivity index (χ2v) is 10.3. The van der Waals surface area contributed by atoms with E-state index in [1.165, 1.54) is 16.1 Å². The fourth-order valence-electron chi connectivity index (χ4n) is 3.11. The average molecular weight is 438 g/mol. The van der Waals surface area contributed by atoms with E-state index < -0.39 is 10.0 Å². The Bertz CT molecular complexity index is 979. The van der Waals surface area contributed by atoms with E-state index >= 15 is 0 Å². The van der Waals surface area contributed by atoms with Crippen molar-refractivity contribution in [3.8, 4) is 0 Å². The number of aryl methyl sites for hydroxylation is 2. The van der Waals surface area contributed by atoms with Crippen LogP contribution >= 0.6 is 11.8 Å². The van der Waals surface area contributed by atoms with E-state index in [9.17, 15) is 13.2 Å². The van der Waals surface area contributed by atoms with E-state index in [0.29, 0.717) is 36.2 Å². The number of amides is 1. The minimum absolute atomic E-state index is 0.0171. The molecule has 0 spiro atoms. The summed E-state index contributed by atoms with van der Waals surface area (Å²) in [5.41, 5.74) is 2.01. The van der Waals surface area contributed by atoms with E-state index in [1.54, 1.807) is 23.4 Å². The molecular formula is C19H27N5O3S2. The number of piperazine rings is 1. The number of rotatable bonds is 6. The van der Waals surface area contributed by atoms with E-state index in [0.717, 1.165) is 11.1 Å². The monoisotopic (exact) mass is 437 g/mol. The number of hydrogen-bond acceptors (Lipinski definition) is 6. The summed E-state index contributed by atoms with van der Waals surface area (Å²) in [7, 11) is -3.54. The van der Waals surface area contributed by atoms with Gasteiger partial charge in [0.15, 0.2) is 5.16 Å². The van der Waals surface area contributed by atoms with Crippen molar-refractivity contribution in [1.82, 2.24) is 24.0 Å². The van der Waals surface area contributed by atoms with Gasteiger partial charge in [0, 0.05) is 32.2 Å². The molecule has 29 heavy (non-hydrogen) atoms. The van der Waals surface area contributed by atoms with Crippen LogP contribution in [0.5, 0.6) is 0 Å². The number of carbonyl (C=O) groups is 1. The third-order valence-electron chi connectivity index (χ3n) is 5.13. The van der Waals surface area contributed by atoms with Gasteiger partial charge in [0.05, 0.1) is 10.6 Å². The van der Waals surface area contributed by atoms with Crippen LogP contribution in [0.25, 0.3) is 0 Å². The quantitative estimate of drug-likeness (QED) is 0.643. The molecule has 2 heterocycles. The largest absolute Gasteiger partial charge is 0.339 e. The van der Waals surface area contributed by atoms with Crippen LogP contribution in [0.4, 0.5) is 0 Å². The molecule has 0 radical (unpaired) electrons.